The second-order valence-corrected chi connectivity index (χ2v) is 8.38. The van der Waals surface area contributed by atoms with E-state index in [2.05, 4.69) is 10.5 Å². The molecule has 0 saturated carbocycles. The molecule has 4 atom stereocenters. The highest BCUT2D eigenvalue weighted by Gasteiger charge is 2.38. The molecular weight excluding hydrogens is 422 g/mol. The number of halogens is 2. The van der Waals surface area contributed by atoms with E-state index in [1.165, 1.54) is 17.0 Å². The third-order valence-electron chi connectivity index (χ3n) is 5.93. The molecule has 1 aromatic carbocycles. The first-order valence-corrected chi connectivity index (χ1v) is 10.4. The third-order valence-corrected chi connectivity index (χ3v) is 5.93. The fourth-order valence-electron chi connectivity index (χ4n) is 3.85. The Morgan fingerprint density at radius 1 is 1.28 bits per heavy atom. The molecule has 10 heteroatoms. The number of carbonyl (C=O) groups is 2. The number of nitrogens with zero attached hydrogens (tertiary/aromatic N) is 3. The molecule has 0 bridgehead atoms. The Morgan fingerprint density at radius 2 is 2.00 bits per heavy atom. The number of rotatable bonds is 6. The molecule has 8 nitrogen and oxygen atoms in total. The number of hydrogen-bond acceptors (Lipinski definition) is 6. The topological polar surface area (TPSA) is 98.9 Å². The van der Waals surface area contributed by atoms with Crippen LogP contribution in [0.2, 0.25) is 0 Å². The van der Waals surface area contributed by atoms with Crippen LogP contribution in [-0.2, 0) is 4.79 Å². The summed E-state index contributed by atoms with van der Waals surface area (Å²) < 4.78 is 32.2. The molecule has 32 heavy (non-hydrogen) atoms. The summed E-state index contributed by atoms with van der Waals surface area (Å²) in [6.07, 6.45) is -0.0543. The number of carbonyl (C=O) groups excluding carboxylic acids is 2. The molecule has 1 aliphatic heterocycles. The van der Waals surface area contributed by atoms with Crippen LogP contribution in [0.25, 0.3) is 11.3 Å². The number of likely N-dealkylation sites (tertiary alicyclic amines) is 1. The van der Waals surface area contributed by atoms with Gasteiger partial charge in [-0.2, -0.15) is 0 Å². The smallest absolute Gasteiger partial charge is 0.273 e. The second kappa shape index (κ2) is 9.74. The van der Waals surface area contributed by atoms with Gasteiger partial charge in [0.15, 0.2) is 11.5 Å². The molecule has 1 fully saturated rings. The zero-order valence-electron chi connectivity index (χ0n) is 18.5. The van der Waals surface area contributed by atoms with Gasteiger partial charge in [-0.05, 0) is 32.4 Å². The molecule has 1 aromatic heterocycles. The van der Waals surface area contributed by atoms with Crippen molar-refractivity contribution in [3.05, 3.63) is 41.6 Å². The van der Waals surface area contributed by atoms with E-state index in [0.29, 0.717) is 19.5 Å². The Morgan fingerprint density at radius 3 is 2.62 bits per heavy atom. The van der Waals surface area contributed by atoms with E-state index in [9.17, 15) is 23.5 Å². The second-order valence-electron chi connectivity index (χ2n) is 8.38. The molecule has 2 amide bonds. The van der Waals surface area contributed by atoms with Crippen molar-refractivity contribution < 1.29 is 28.0 Å². The average molecular weight is 450 g/mol. The van der Waals surface area contributed by atoms with Crippen molar-refractivity contribution in [3.63, 3.8) is 0 Å². The Bertz CT molecular complexity index is 979. The summed E-state index contributed by atoms with van der Waals surface area (Å²) in [7, 11) is 3.30. The van der Waals surface area contributed by atoms with E-state index >= 15 is 0 Å². The zero-order chi connectivity index (χ0) is 23.6. The van der Waals surface area contributed by atoms with Gasteiger partial charge in [-0.1, -0.05) is 5.16 Å². The van der Waals surface area contributed by atoms with Crippen LogP contribution in [0.15, 0.2) is 28.8 Å². The van der Waals surface area contributed by atoms with Crippen LogP contribution in [0.5, 0.6) is 0 Å². The van der Waals surface area contributed by atoms with E-state index in [0.717, 1.165) is 12.1 Å². The standard InChI is InChI=1S/C22H28F2N4O4/c1-12(13(2)29)28-8-7-18(16(11-28)22(31)27(3)4)25-21(30)19-10-20(32-26-19)15-6-5-14(23)9-17(15)24/h5-6,9-10,12-13,16,18,29H,7-8,11H2,1-4H3,(H,25,30). The number of aliphatic hydroxyl groups is 1. The van der Waals surface area contributed by atoms with E-state index < -0.39 is 35.6 Å². The van der Waals surface area contributed by atoms with Gasteiger partial charge in [0.1, 0.15) is 11.6 Å². The van der Waals surface area contributed by atoms with Crippen LogP contribution < -0.4 is 5.32 Å². The molecule has 174 valence electrons. The summed E-state index contributed by atoms with van der Waals surface area (Å²) in [6.45, 7) is 4.58. The number of hydrogen-bond donors (Lipinski definition) is 2. The molecule has 0 aliphatic carbocycles. The number of aliphatic hydroxyl groups excluding tert-OH is 1. The monoisotopic (exact) mass is 450 g/mol. The van der Waals surface area contributed by atoms with Crippen molar-refractivity contribution in [2.45, 2.75) is 38.5 Å². The van der Waals surface area contributed by atoms with E-state index in [-0.39, 0.29) is 29.0 Å². The minimum Gasteiger partial charge on any atom is -0.392 e. The fourth-order valence-corrected chi connectivity index (χ4v) is 3.85. The molecular formula is C22H28F2N4O4. The lowest BCUT2D eigenvalue weighted by molar-refractivity contribution is -0.136. The summed E-state index contributed by atoms with van der Waals surface area (Å²) in [5.41, 5.74) is -0.0846. The maximum Gasteiger partial charge on any atom is 0.273 e. The van der Waals surface area contributed by atoms with Crippen molar-refractivity contribution in [2.24, 2.45) is 5.92 Å². The predicted octanol–water partition coefficient (Wildman–Crippen LogP) is 1.90. The van der Waals surface area contributed by atoms with E-state index in [1.807, 2.05) is 11.8 Å². The lowest BCUT2D eigenvalue weighted by Crippen LogP contribution is -2.58. The lowest BCUT2D eigenvalue weighted by Gasteiger charge is -2.42. The molecule has 2 N–H and O–H groups in total. The number of benzene rings is 1. The highest BCUT2D eigenvalue weighted by Crippen LogP contribution is 2.25. The van der Waals surface area contributed by atoms with Crippen LogP contribution in [0.4, 0.5) is 8.78 Å². The van der Waals surface area contributed by atoms with Gasteiger partial charge in [-0.3, -0.25) is 14.5 Å². The first-order chi connectivity index (χ1) is 15.1. The minimum atomic E-state index is -0.829. The summed E-state index contributed by atoms with van der Waals surface area (Å²) in [5, 5.41) is 16.5. The average Bonchev–Trinajstić information content (AvgIpc) is 3.22. The first kappa shape index (κ1) is 23.8. The quantitative estimate of drug-likeness (QED) is 0.698. The predicted molar refractivity (Wildman–Crippen MR) is 113 cm³/mol. The van der Waals surface area contributed by atoms with Crippen molar-refractivity contribution in [1.82, 2.24) is 20.3 Å². The molecule has 0 radical (unpaired) electrons. The Balaban J connectivity index is 1.75. The number of aromatic nitrogens is 1. The highest BCUT2D eigenvalue weighted by atomic mass is 19.1. The summed E-state index contributed by atoms with van der Waals surface area (Å²) >= 11 is 0. The van der Waals surface area contributed by atoms with Crippen LogP contribution >= 0.6 is 0 Å². The molecule has 1 saturated heterocycles. The summed E-state index contributed by atoms with van der Waals surface area (Å²) in [5.74, 6) is -2.76. The first-order valence-electron chi connectivity index (χ1n) is 10.4. The number of nitrogens with one attached hydrogen (secondary N) is 1. The molecule has 0 spiro atoms. The van der Waals surface area contributed by atoms with Crippen molar-refractivity contribution in [2.75, 3.05) is 27.2 Å². The molecule has 2 heterocycles. The molecule has 1 aliphatic rings. The van der Waals surface area contributed by atoms with E-state index in [4.69, 9.17) is 4.52 Å². The summed E-state index contributed by atoms with van der Waals surface area (Å²) in [6, 6.07) is 3.71. The fraction of sp³-hybridized carbons (Fsp3) is 0.500. The minimum absolute atomic E-state index is 0.00542. The van der Waals surface area contributed by atoms with Gasteiger partial charge in [-0.25, -0.2) is 8.78 Å². The summed E-state index contributed by atoms with van der Waals surface area (Å²) in [4.78, 5) is 29.1. The third kappa shape index (κ3) is 5.13. The van der Waals surface area contributed by atoms with Gasteiger partial charge >= 0.3 is 0 Å². The Hall–Kier alpha value is -2.85. The normalized spacial score (nSPS) is 21.1. The molecule has 2 aromatic rings. The van der Waals surface area contributed by atoms with Crippen LogP contribution in [0.3, 0.4) is 0 Å². The Kier molecular flexibility index (Phi) is 7.25. The van der Waals surface area contributed by atoms with Gasteiger partial charge in [-0.15, -0.1) is 0 Å². The lowest BCUT2D eigenvalue weighted by atomic mass is 9.89. The maximum absolute atomic E-state index is 14.0. The van der Waals surface area contributed by atoms with Crippen molar-refractivity contribution in [1.29, 1.82) is 0 Å². The SMILES string of the molecule is CC(O)C(C)N1CCC(NC(=O)c2cc(-c3ccc(F)cc3F)on2)C(C(=O)N(C)C)C1. The van der Waals surface area contributed by atoms with Crippen LogP contribution in [0.1, 0.15) is 30.8 Å². The van der Waals surface area contributed by atoms with Gasteiger partial charge in [0.05, 0.1) is 17.6 Å². The van der Waals surface area contributed by atoms with Crippen molar-refractivity contribution in [3.8, 4) is 11.3 Å². The van der Waals surface area contributed by atoms with Gasteiger partial charge < -0.3 is 19.8 Å². The number of amides is 2. The van der Waals surface area contributed by atoms with Gasteiger partial charge in [0, 0.05) is 51.4 Å². The Labute approximate surface area is 185 Å². The number of piperidine rings is 1. The highest BCUT2D eigenvalue weighted by molar-refractivity contribution is 5.94. The largest absolute Gasteiger partial charge is 0.392 e. The van der Waals surface area contributed by atoms with E-state index in [1.54, 1.807) is 21.0 Å². The molecule has 4 unspecified atom stereocenters. The van der Waals surface area contributed by atoms with Gasteiger partial charge in [0.25, 0.3) is 5.91 Å². The van der Waals surface area contributed by atoms with Crippen molar-refractivity contribution >= 4 is 11.8 Å². The zero-order valence-corrected chi connectivity index (χ0v) is 18.5. The molecule has 3 rings (SSSR count). The van der Waals surface area contributed by atoms with Crippen LogP contribution in [0, 0.1) is 17.6 Å². The maximum atomic E-state index is 14.0. The van der Waals surface area contributed by atoms with Crippen LogP contribution in [-0.4, -0.2) is 77.2 Å². The van der Waals surface area contributed by atoms with Gasteiger partial charge in [0.2, 0.25) is 5.91 Å².